The fourth-order valence-corrected chi connectivity index (χ4v) is 5.55. The summed E-state index contributed by atoms with van der Waals surface area (Å²) < 4.78 is 7.08. The number of carbonyl (C=O) groups excluding carboxylic acids is 2. The first kappa shape index (κ1) is 25.5. The number of ether oxygens (including phenoxy) is 1. The molecule has 0 bridgehead atoms. The molecule has 2 amide bonds. The second-order valence-corrected chi connectivity index (χ2v) is 10.2. The van der Waals surface area contributed by atoms with Crippen LogP contribution >= 0.6 is 0 Å². The third kappa shape index (κ3) is 4.42. The lowest BCUT2D eigenvalue weighted by Gasteiger charge is -2.23. The summed E-state index contributed by atoms with van der Waals surface area (Å²) in [7, 11) is 0. The largest absolute Gasteiger partial charge is 0.443 e. The Morgan fingerprint density at radius 2 is 1.90 bits per heavy atom. The maximum absolute atomic E-state index is 13.8. The molecular formula is C29H30N8O3. The molecule has 1 unspecified atom stereocenters. The van der Waals surface area contributed by atoms with Gasteiger partial charge >= 0.3 is 6.09 Å². The molecule has 1 aromatic carbocycles. The highest BCUT2D eigenvalue weighted by Gasteiger charge is 2.35. The minimum absolute atomic E-state index is 0.110. The summed E-state index contributed by atoms with van der Waals surface area (Å²) in [5.41, 5.74) is 9.63. The summed E-state index contributed by atoms with van der Waals surface area (Å²) in [5, 5.41) is 8.73. The summed E-state index contributed by atoms with van der Waals surface area (Å²) in [6, 6.07) is 15.7. The van der Waals surface area contributed by atoms with Crippen molar-refractivity contribution in [1.29, 1.82) is 0 Å². The van der Waals surface area contributed by atoms with Gasteiger partial charge in [0.05, 0.1) is 23.5 Å². The van der Waals surface area contributed by atoms with Gasteiger partial charge in [-0.1, -0.05) is 24.3 Å². The van der Waals surface area contributed by atoms with Gasteiger partial charge in [-0.05, 0) is 63.4 Å². The van der Waals surface area contributed by atoms with Crippen LogP contribution in [-0.2, 0) is 17.9 Å². The highest BCUT2D eigenvalue weighted by molar-refractivity contribution is 6.10. The predicted molar refractivity (Wildman–Crippen MR) is 149 cm³/mol. The number of nitrogens with zero attached hydrogens (tertiary/aromatic N) is 7. The third-order valence-corrected chi connectivity index (χ3v) is 7.61. The smallest absolute Gasteiger partial charge is 0.404 e. The first-order valence-electron chi connectivity index (χ1n) is 13.3. The van der Waals surface area contributed by atoms with Crippen molar-refractivity contribution >= 4 is 23.6 Å². The lowest BCUT2D eigenvalue weighted by atomic mass is 10.1. The number of pyridine rings is 2. The Morgan fingerprint density at radius 3 is 2.65 bits per heavy atom. The Morgan fingerprint density at radius 1 is 1.07 bits per heavy atom. The number of benzene rings is 1. The van der Waals surface area contributed by atoms with Crippen molar-refractivity contribution in [1.82, 2.24) is 24.7 Å². The Balaban J connectivity index is 1.38. The number of amides is 2. The fourth-order valence-electron chi connectivity index (χ4n) is 5.55. The maximum Gasteiger partial charge on any atom is 0.404 e. The zero-order valence-electron chi connectivity index (χ0n) is 22.7. The molecule has 204 valence electrons. The second kappa shape index (κ2) is 10.1. The van der Waals surface area contributed by atoms with E-state index < -0.39 is 6.09 Å². The average Bonchev–Trinajstić information content (AvgIpc) is 3.64. The number of carbonyl (C=O) groups is 2. The van der Waals surface area contributed by atoms with Crippen LogP contribution in [0.4, 0.5) is 16.4 Å². The Hall–Kier alpha value is -4.80. The zero-order chi connectivity index (χ0) is 28.0. The van der Waals surface area contributed by atoms with Gasteiger partial charge in [0.15, 0.2) is 5.82 Å². The van der Waals surface area contributed by atoms with E-state index in [4.69, 9.17) is 20.4 Å². The topological polar surface area (TPSA) is 132 Å². The molecule has 11 heteroatoms. The molecule has 0 spiro atoms. The molecule has 4 aromatic rings. The number of nitrogens with two attached hydrogens (primary N) is 1. The number of hydrogen-bond donors (Lipinski definition) is 1. The molecule has 5 heterocycles. The van der Waals surface area contributed by atoms with Gasteiger partial charge in [0, 0.05) is 18.2 Å². The van der Waals surface area contributed by atoms with Crippen LogP contribution in [0.2, 0.25) is 0 Å². The van der Waals surface area contributed by atoms with Crippen LogP contribution in [0.25, 0.3) is 17.2 Å². The second-order valence-electron chi connectivity index (χ2n) is 10.2. The number of anilines is 2. The molecule has 6 rings (SSSR count). The summed E-state index contributed by atoms with van der Waals surface area (Å²) in [5.74, 6) is 2.31. The van der Waals surface area contributed by atoms with E-state index in [1.807, 2.05) is 60.9 Å². The number of primary amides is 1. The molecule has 3 aromatic heterocycles. The van der Waals surface area contributed by atoms with E-state index in [-0.39, 0.29) is 19.1 Å². The van der Waals surface area contributed by atoms with Crippen molar-refractivity contribution in [2.75, 3.05) is 16.3 Å². The Kier molecular flexibility index (Phi) is 6.41. The summed E-state index contributed by atoms with van der Waals surface area (Å²) in [6.45, 7) is 7.06. The van der Waals surface area contributed by atoms with Gasteiger partial charge in [0.2, 0.25) is 0 Å². The van der Waals surface area contributed by atoms with Crippen LogP contribution in [0.3, 0.4) is 0 Å². The number of para-hydroxylation sites is 1. The summed E-state index contributed by atoms with van der Waals surface area (Å²) in [6.07, 6.45) is 1.21. The standard InChI is InChI=1S/C29H30N8O3/c1-17-8-4-5-11-24(17)37-19(3)33-34-27(37)22-10-6-12-25(31-22)36-15-21-20(28(36)38)14-26(35-13-7-9-18(35)2)32-23(21)16-40-29(30)39/h4-6,8,10-12,14,18H,7,9,13,15-16H2,1-3H3,(H2,30,39). The molecule has 1 fully saturated rings. The van der Waals surface area contributed by atoms with Crippen LogP contribution in [-0.4, -0.2) is 49.3 Å². The van der Waals surface area contributed by atoms with E-state index in [0.29, 0.717) is 46.0 Å². The third-order valence-electron chi connectivity index (χ3n) is 7.61. The predicted octanol–water partition coefficient (Wildman–Crippen LogP) is 4.09. The molecule has 2 aliphatic rings. The number of hydrogen-bond acceptors (Lipinski definition) is 8. The van der Waals surface area contributed by atoms with Crippen molar-refractivity contribution in [3.05, 3.63) is 76.7 Å². The van der Waals surface area contributed by atoms with Gasteiger partial charge in [-0.3, -0.25) is 14.3 Å². The molecule has 0 saturated carbocycles. The Labute approximate surface area is 231 Å². The zero-order valence-corrected chi connectivity index (χ0v) is 22.7. The maximum atomic E-state index is 13.8. The highest BCUT2D eigenvalue weighted by atomic mass is 16.5. The fraction of sp³-hybridized carbons (Fsp3) is 0.310. The molecule has 2 N–H and O–H groups in total. The van der Waals surface area contributed by atoms with E-state index in [1.54, 1.807) is 11.0 Å². The molecule has 1 saturated heterocycles. The van der Waals surface area contributed by atoms with Gasteiger partial charge in [-0.2, -0.15) is 0 Å². The SMILES string of the molecule is Cc1ccccc1-n1c(C)nnc1-c1cccc(N2Cc3c(cc(N4CCCC4C)nc3COC(N)=O)C2=O)n1. The monoisotopic (exact) mass is 538 g/mol. The number of rotatable bonds is 6. The van der Waals surface area contributed by atoms with Crippen LogP contribution < -0.4 is 15.5 Å². The lowest BCUT2D eigenvalue weighted by molar-refractivity contribution is 0.0996. The van der Waals surface area contributed by atoms with Crippen LogP contribution in [0.15, 0.2) is 48.5 Å². The highest BCUT2D eigenvalue weighted by Crippen LogP contribution is 2.35. The minimum atomic E-state index is -0.890. The van der Waals surface area contributed by atoms with E-state index in [1.165, 1.54) is 0 Å². The molecule has 1 atom stereocenters. The molecule has 11 nitrogen and oxygen atoms in total. The van der Waals surface area contributed by atoms with Crippen LogP contribution in [0, 0.1) is 13.8 Å². The summed E-state index contributed by atoms with van der Waals surface area (Å²) >= 11 is 0. The number of fused-ring (bicyclic) bond motifs is 1. The van der Waals surface area contributed by atoms with E-state index >= 15 is 0 Å². The van der Waals surface area contributed by atoms with Gasteiger partial charge in [0.1, 0.15) is 29.8 Å². The lowest BCUT2D eigenvalue weighted by Crippen LogP contribution is -2.28. The van der Waals surface area contributed by atoms with E-state index in [2.05, 4.69) is 22.0 Å². The van der Waals surface area contributed by atoms with Crippen LogP contribution in [0.5, 0.6) is 0 Å². The summed E-state index contributed by atoms with van der Waals surface area (Å²) in [4.78, 5) is 38.6. The first-order valence-corrected chi connectivity index (χ1v) is 13.3. The van der Waals surface area contributed by atoms with Gasteiger partial charge in [0.25, 0.3) is 5.91 Å². The molecular weight excluding hydrogens is 508 g/mol. The van der Waals surface area contributed by atoms with Crippen molar-refractivity contribution < 1.29 is 14.3 Å². The van der Waals surface area contributed by atoms with Gasteiger partial charge < -0.3 is 15.4 Å². The average molecular weight is 539 g/mol. The number of aryl methyl sites for hydroxylation is 2. The van der Waals surface area contributed by atoms with Gasteiger partial charge in [-0.15, -0.1) is 10.2 Å². The van der Waals surface area contributed by atoms with Crippen molar-refractivity contribution in [2.24, 2.45) is 5.73 Å². The minimum Gasteiger partial charge on any atom is -0.443 e. The first-order chi connectivity index (χ1) is 19.3. The van der Waals surface area contributed by atoms with E-state index in [9.17, 15) is 9.59 Å². The Bertz CT molecular complexity index is 1630. The molecule has 0 aliphatic carbocycles. The van der Waals surface area contributed by atoms with Crippen LogP contribution in [0.1, 0.15) is 52.8 Å². The molecule has 40 heavy (non-hydrogen) atoms. The normalized spacial score (nSPS) is 16.5. The van der Waals surface area contributed by atoms with Gasteiger partial charge in [-0.25, -0.2) is 14.8 Å². The van der Waals surface area contributed by atoms with Crippen molar-refractivity contribution in [2.45, 2.75) is 52.8 Å². The molecule has 2 aliphatic heterocycles. The number of aromatic nitrogens is 5. The van der Waals surface area contributed by atoms with Crippen molar-refractivity contribution in [3.8, 4) is 17.2 Å². The quantitative estimate of drug-likeness (QED) is 0.388. The van der Waals surface area contributed by atoms with Crippen molar-refractivity contribution in [3.63, 3.8) is 0 Å². The van der Waals surface area contributed by atoms with E-state index in [0.717, 1.165) is 36.5 Å². The molecule has 0 radical (unpaired) electrons.